The molecule has 1 atom stereocenters. The van der Waals surface area contributed by atoms with Crippen LogP contribution in [0.1, 0.15) is 51.9 Å². The molecular formula is C12H26NO2Ti. The average molecular weight is 264 g/mol. The summed E-state index contributed by atoms with van der Waals surface area (Å²) < 4.78 is 11.6. The third-order valence-electron chi connectivity index (χ3n) is 3.31. The molecule has 0 saturated heterocycles. The predicted molar refractivity (Wildman–Crippen MR) is 62.7 cm³/mol. The van der Waals surface area contributed by atoms with Crippen molar-refractivity contribution >= 4 is 0 Å². The summed E-state index contributed by atoms with van der Waals surface area (Å²) in [5.74, 6) is 0. The Morgan fingerprint density at radius 3 is 2.31 bits per heavy atom. The van der Waals surface area contributed by atoms with Crippen LogP contribution in [0.3, 0.4) is 0 Å². The molecule has 0 bridgehead atoms. The molecule has 1 saturated carbocycles. The molecule has 1 N–H and O–H groups in total. The molecule has 1 rings (SSSR count). The Hall–Kier alpha value is 0.594. The third-order valence-corrected chi connectivity index (χ3v) is 6.16. The van der Waals surface area contributed by atoms with Gasteiger partial charge in [0.1, 0.15) is 0 Å². The van der Waals surface area contributed by atoms with E-state index in [4.69, 9.17) is 6.64 Å². The molecule has 0 radical (unpaired) electrons. The van der Waals surface area contributed by atoms with E-state index in [1.54, 1.807) is 14.2 Å². The molecule has 0 heterocycles. The van der Waals surface area contributed by atoms with Crippen LogP contribution in [0.25, 0.3) is 0 Å². The number of hydrogen-bond donors (Lipinski definition) is 1. The van der Waals surface area contributed by atoms with E-state index in [2.05, 4.69) is 12.2 Å². The van der Waals surface area contributed by atoms with Gasteiger partial charge in [-0.15, -0.1) is 0 Å². The normalized spacial score (nSPS) is 19.7. The van der Waals surface area contributed by atoms with Crippen molar-refractivity contribution in [2.75, 3.05) is 14.2 Å². The van der Waals surface area contributed by atoms with Crippen molar-refractivity contribution < 1.29 is 25.3 Å². The average Bonchev–Trinajstić information content (AvgIpc) is 2.32. The number of nitrogens with one attached hydrogen (secondary N) is 1. The summed E-state index contributed by atoms with van der Waals surface area (Å²) in [6.07, 6.45) is 9.23. The summed E-state index contributed by atoms with van der Waals surface area (Å²) in [6, 6.07) is 0.707. The Labute approximate surface area is 107 Å². The van der Waals surface area contributed by atoms with Crippen LogP contribution in [-0.4, -0.2) is 24.6 Å². The van der Waals surface area contributed by atoms with Crippen LogP contribution in [0.5, 0.6) is 0 Å². The van der Waals surface area contributed by atoms with Crippen molar-refractivity contribution in [3.05, 3.63) is 0 Å². The molecule has 0 aromatic carbocycles. The molecule has 0 aliphatic heterocycles. The molecule has 3 nitrogen and oxygen atoms in total. The fraction of sp³-hybridized carbons (Fsp3) is 1.00. The van der Waals surface area contributed by atoms with E-state index in [1.807, 2.05) is 0 Å². The summed E-state index contributed by atoms with van der Waals surface area (Å²) in [5.41, 5.74) is 0. The van der Waals surface area contributed by atoms with Gasteiger partial charge in [-0.25, -0.2) is 0 Å². The van der Waals surface area contributed by atoms with Crippen molar-refractivity contribution in [3.8, 4) is 0 Å². The van der Waals surface area contributed by atoms with E-state index < -0.39 is 18.6 Å². The van der Waals surface area contributed by atoms with Crippen molar-refractivity contribution in [2.45, 2.75) is 62.3 Å². The van der Waals surface area contributed by atoms with Crippen LogP contribution in [0.2, 0.25) is 0 Å². The van der Waals surface area contributed by atoms with Crippen molar-refractivity contribution in [1.82, 2.24) is 5.32 Å². The fourth-order valence-electron chi connectivity index (χ4n) is 2.48. The van der Waals surface area contributed by atoms with Crippen LogP contribution >= 0.6 is 0 Å². The first kappa shape index (κ1) is 14.7. The van der Waals surface area contributed by atoms with Gasteiger partial charge < -0.3 is 0 Å². The maximum atomic E-state index is 5.54. The summed E-state index contributed by atoms with van der Waals surface area (Å²) in [5, 5.41) is 3.78. The molecule has 0 amide bonds. The molecule has 1 aliphatic rings. The van der Waals surface area contributed by atoms with E-state index in [-0.39, 0.29) is 0 Å². The van der Waals surface area contributed by atoms with Gasteiger partial charge >= 0.3 is 107 Å². The van der Waals surface area contributed by atoms with Gasteiger partial charge in [-0.2, -0.15) is 0 Å². The van der Waals surface area contributed by atoms with E-state index in [0.29, 0.717) is 10.4 Å². The molecule has 95 valence electrons. The van der Waals surface area contributed by atoms with Gasteiger partial charge in [-0.1, -0.05) is 0 Å². The van der Waals surface area contributed by atoms with E-state index in [1.165, 1.54) is 44.9 Å². The quantitative estimate of drug-likeness (QED) is 0.717. The van der Waals surface area contributed by atoms with Crippen LogP contribution in [0, 0.1) is 0 Å². The van der Waals surface area contributed by atoms with Gasteiger partial charge in [0.15, 0.2) is 0 Å². The van der Waals surface area contributed by atoms with Gasteiger partial charge in [-0.3, -0.25) is 0 Å². The van der Waals surface area contributed by atoms with Crippen molar-refractivity contribution in [2.24, 2.45) is 0 Å². The third kappa shape index (κ3) is 4.84. The second-order valence-corrected chi connectivity index (χ2v) is 7.93. The van der Waals surface area contributed by atoms with Gasteiger partial charge in [-0.05, 0) is 0 Å². The second kappa shape index (κ2) is 8.65. The van der Waals surface area contributed by atoms with Crippen LogP contribution < -0.4 is 5.32 Å². The van der Waals surface area contributed by atoms with Gasteiger partial charge in [0.25, 0.3) is 0 Å². The summed E-state index contributed by atoms with van der Waals surface area (Å²) in [6.45, 7) is 2.23. The maximum absolute atomic E-state index is 5.54. The zero-order valence-electron chi connectivity index (χ0n) is 10.9. The Morgan fingerprint density at radius 1 is 1.19 bits per heavy atom. The van der Waals surface area contributed by atoms with Crippen molar-refractivity contribution in [1.29, 1.82) is 0 Å². The zero-order chi connectivity index (χ0) is 11.8. The van der Waals surface area contributed by atoms with Gasteiger partial charge in [0.05, 0.1) is 0 Å². The first-order valence-corrected chi connectivity index (χ1v) is 8.70. The Bertz CT molecular complexity index is 170. The Kier molecular flexibility index (Phi) is 7.92. The summed E-state index contributed by atoms with van der Waals surface area (Å²) >= 11 is -1.79. The fourth-order valence-corrected chi connectivity index (χ4v) is 5.03. The Morgan fingerprint density at radius 2 is 1.81 bits per heavy atom. The molecule has 16 heavy (non-hydrogen) atoms. The molecule has 0 spiro atoms. The molecule has 1 aliphatic carbocycles. The van der Waals surface area contributed by atoms with Crippen LogP contribution in [0.15, 0.2) is 0 Å². The standard InChI is InChI=1S/C10H20N.2CH3O.Ti/c1-2-3-9-11-10-7-5-4-6-8-10;2*1-2;/h9-11H,2-8H2,1H3;2*1H3;/q;2*-1;+2. The summed E-state index contributed by atoms with van der Waals surface area (Å²) in [7, 11) is 3.59. The minimum atomic E-state index is -1.79. The first-order valence-electron chi connectivity index (χ1n) is 6.52. The minimum absolute atomic E-state index is 0.503. The SMILES string of the molecule is CCC[CH](NC1CCCCC1)[Ti]([O]C)[O]C. The van der Waals surface area contributed by atoms with Gasteiger partial charge in [0.2, 0.25) is 0 Å². The molecular weight excluding hydrogens is 238 g/mol. The van der Waals surface area contributed by atoms with Crippen molar-refractivity contribution in [3.63, 3.8) is 0 Å². The molecule has 0 aromatic heterocycles. The zero-order valence-corrected chi connectivity index (χ0v) is 12.5. The van der Waals surface area contributed by atoms with Crippen LogP contribution in [-0.2, 0) is 25.3 Å². The molecule has 0 aromatic rings. The Balaban J connectivity index is 2.41. The number of rotatable bonds is 7. The van der Waals surface area contributed by atoms with Crippen LogP contribution in [0.4, 0.5) is 0 Å². The van der Waals surface area contributed by atoms with E-state index in [9.17, 15) is 0 Å². The second-order valence-electron chi connectivity index (χ2n) is 4.57. The molecule has 1 unspecified atom stereocenters. The topological polar surface area (TPSA) is 30.5 Å². The van der Waals surface area contributed by atoms with E-state index >= 15 is 0 Å². The number of hydrogen-bond acceptors (Lipinski definition) is 3. The molecule has 4 heteroatoms. The van der Waals surface area contributed by atoms with Gasteiger partial charge in [0, 0.05) is 0 Å². The monoisotopic (exact) mass is 264 g/mol. The summed E-state index contributed by atoms with van der Waals surface area (Å²) in [4.78, 5) is 0. The van der Waals surface area contributed by atoms with E-state index in [0.717, 1.165) is 0 Å². The predicted octanol–water partition coefficient (Wildman–Crippen LogP) is 2.78. The molecule has 1 fully saturated rings. The first-order chi connectivity index (χ1) is 7.81.